The summed E-state index contributed by atoms with van der Waals surface area (Å²) in [6.07, 6.45) is 0. The molecule has 0 saturated heterocycles. The molecule has 18 heteroatoms. The molecule has 8 bridgehead atoms. The lowest BCUT2D eigenvalue weighted by molar-refractivity contribution is 0.480. The van der Waals surface area contributed by atoms with Crippen LogP contribution >= 0.6 is 128 Å². The maximum Gasteiger partial charge on any atom is 0.237 e. The predicted molar refractivity (Wildman–Crippen MR) is 292 cm³/mol. The van der Waals surface area contributed by atoms with Crippen molar-refractivity contribution in [2.24, 2.45) is 34.9 Å². The standard InChI is InChI=1S/C48H18Br8N8O2/c49-33-17-9-1-2-10-18(17)35(51)27-25(33)41-58-45-31-32(38(54)20-12-4-3-11-19(20)37(31)53)48(55,63-45)62-44-26-29(39(65)23-15-7-5-13-21(23)34(26)50)42(59-44)57-43-30-28(47(61-43)64(56)46(27)60-41)36(52)22-14-6-8-16-24(22)40(30)66/h1-16,65-66H. The fourth-order valence-corrected chi connectivity index (χ4v) is 15.3. The minimum absolute atomic E-state index is 0.0335. The van der Waals surface area contributed by atoms with Crippen molar-refractivity contribution in [3.63, 3.8) is 0 Å². The number of amidine groups is 7. The van der Waals surface area contributed by atoms with Gasteiger partial charge in [-0.25, -0.2) is 38.9 Å². The van der Waals surface area contributed by atoms with Gasteiger partial charge in [-0.1, -0.05) is 97.1 Å². The molecule has 5 aliphatic heterocycles. The van der Waals surface area contributed by atoms with Crippen LogP contribution in [0.5, 0.6) is 11.5 Å². The van der Waals surface area contributed by atoms with E-state index in [1.165, 1.54) is 0 Å². The Morgan fingerprint density at radius 1 is 0.364 bits per heavy atom. The summed E-state index contributed by atoms with van der Waals surface area (Å²) < 4.78 is 4.54. The average Bonchev–Trinajstić information content (AvgIpc) is 4.08. The number of rotatable bonds is 0. The molecule has 13 rings (SSSR count). The lowest BCUT2D eigenvalue weighted by Gasteiger charge is -2.20. The molecule has 0 amide bonds. The van der Waals surface area contributed by atoms with E-state index in [2.05, 4.69) is 128 Å². The predicted octanol–water partition coefficient (Wildman–Crippen LogP) is 14.8. The minimum atomic E-state index is -1.53. The van der Waals surface area contributed by atoms with Crippen molar-refractivity contribution >= 4 is 212 Å². The van der Waals surface area contributed by atoms with Crippen molar-refractivity contribution < 1.29 is 10.2 Å². The van der Waals surface area contributed by atoms with E-state index in [4.69, 9.17) is 34.9 Å². The van der Waals surface area contributed by atoms with Crippen molar-refractivity contribution in [2.45, 2.75) is 4.57 Å². The van der Waals surface area contributed by atoms with Gasteiger partial charge >= 0.3 is 0 Å². The number of phenolic OH excluding ortho intramolecular Hbond substituents is 2. The molecular formula is C48H18Br8N8O2. The first kappa shape index (κ1) is 41.9. The number of nitrogens with zero attached hydrogens (tertiary/aromatic N) is 8. The number of aromatic hydroxyl groups is 2. The van der Waals surface area contributed by atoms with E-state index >= 15 is 0 Å². The van der Waals surface area contributed by atoms with Crippen LogP contribution in [0.2, 0.25) is 0 Å². The molecule has 0 aliphatic carbocycles. The van der Waals surface area contributed by atoms with Gasteiger partial charge in [0.05, 0.1) is 27.3 Å². The van der Waals surface area contributed by atoms with Gasteiger partial charge in [-0.2, -0.15) is 0 Å². The van der Waals surface area contributed by atoms with E-state index in [0.29, 0.717) is 82.0 Å². The molecule has 0 radical (unpaired) electrons. The van der Waals surface area contributed by atoms with Crippen LogP contribution in [-0.4, -0.2) is 55.0 Å². The quantitative estimate of drug-likeness (QED) is 0.0891. The highest BCUT2D eigenvalue weighted by Gasteiger charge is 2.46. The third-order valence-electron chi connectivity index (χ3n) is 12.3. The number of hydrogen-bond donors (Lipinski definition) is 2. The molecule has 1 unspecified atom stereocenters. The van der Waals surface area contributed by atoms with E-state index in [-0.39, 0.29) is 29.0 Å². The maximum absolute atomic E-state index is 12.3. The summed E-state index contributed by atoms with van der Waals surface area (Å²) >= 11 is 31.8. The van der Waals surface area contributed by atoms with Gasteiger partial charge in [-0.05, 0) is 133 Å². The third kappa shape index (κ3) is 5.60. The highest BCUT2D eigenvalue weighted by Crippen LogP contribution is 2.54. The molecular weight excluding hydrogens is 1360 g/mol. The van der Waals surface area contributed by atoms with Gasteiger partial charge < -0.3 is 10.2 Å². The number of alkyl halides is 1. The van der Waals surface area contributed by atoms with Crippen LogP contribution in [-0.2, 0) is 4.57 Å². The Morgan fingerprint density at radius 2 is 0.667 bits per heavy atom. The lowest BCUT2D eigenvalue weighted by Crippen LogP contribution is -2.28. The molecule has 0 aromatic heterocycles. The molecule has 2 N–H and O–H groups in total. The van der Waals surface area contributed by atoms with Crippen LogP contribution in [0.1, 0.15) is 44.5 Å². The number of benzene rings is 8. The fourth-order valence-electron chi connectivity index (χ4n) is 9.35. The molecule has 0 saturated carbocycles. The Hall–Kier alpha value is -4.27. The second-order valence-corrected chi connectivity index (χ2v) is 22.3. The Labute approximate surface area is 440 Å². The van der Waals surface area contributed by atoms with Gasteiger partial charge in [0.1, 0.15) is 11.5 Å². The molecule has 8 aromatic rings. The number of fused-ring (bicyclic) bond motifs is 20. The number of aliphatic imine (C=N–C) groups is 7. The van der Waals surface area contributed by atoms with Crippen molar-refractivity contribution in [1.29, 1.82) is 0 Å². The summed E-state index contributed by atoms with van der Waals surface area (Å²) in [6.45, 7) is 0. The first-order valence-electron chi connectivity index (χ1n) is 19.8. The molecule has 318 valence electrons. The summed E-state index contributed by atoms with van der Waals surface area (Å²) in [5.74, 6) is 1.91. The number of phenols is 2. The zero-order valence-electron chi connectivity index (χ0n) is 32.7. The van der Waals surface area contributed by atoms with Gasteiger partial charge in [-0.15, -0.1) is 0 Å². The monoisotopic (exact) mass is 1370 g/mol. The molecule has 8 aromatic carbocycles. The SMILES string of the molecule is Oc1c2c(c(Br)c3ccccc13)C1=NC3(Br)N=C(N=C4N=C(c5c4c(Br)c4ccccc4c5Br)N(Br)C4=NC(=NC2=N1)c1c4c(Br)c2ccccc2c1O)c1c3c(Br)c2ccccc2c1Br. The average molecular weight is 1380 g/mol. The molecule has 5 aliphatic rings. The van der Waals surface area contributed by atoms with Crippen molar-refractivity contribution in [3.05, 3.63) is 168 Å². The fraction of sp³-hybridized carbons (Fsp3) is 0.0208. The topological polar surface area (TPSA) is 130 Å². The molecule has 66 heavy (non-hydrogen) atoms. The highest BCUT2D eigenvalue weighted by atomic mass is 79.9. The minimum Gasteiger partial charge on any atom is -0.507 e. The molecule has 0 fully saturated rings. The van der Waals surface area contributed by atoms with Crippen LogP contribution in [0.15, 0.2) is 159 Å². The van der Waals surface area contributed by atoms with Gasteiger partial charge in [0.15, 0.2) is 40.8 Å². The Kier molecular flexibility index (Phi) is 9.43. The van der Waals surface area contributed by atoms with Crippen molar-refractivity contribution in [3.8, 4) is 11.5 Å². The summed E-state index contributed by atoms with van der Waals surface area (Å²) in [7, 11) is 0. The third-order valence-corrected chi connectivity index (χ3v) is 18.6. The Morgan fingerprint density at radius 3 is 1.15 bits per heavy atom. The van der Waals surface area contributed by atoms with E-state index < -0.39 is 4.57 Å². The van der Waals surface area contributed by atoms with Gasteiger partial charge in [-0.3, -0.25) is 0 Å². The van der Waals surface area contributed by atoms with Crippen LogP contribution in [0.3, 0.4) is 0 Å². The molecule has 0 spiro atoms. The number of hydrogen-bond acceptors (Lipinski definition) is 10. The summed E-state index contributed by atoms with van der Waals surface area (Å²) in [5.41, 5.74) is 4.50. The van der Waals surface area contributed by atoms with Crippen molar-refractivity contribution in [2.75, 3.05) is 0 Å². The Balaban J connectivity index is 1.21. The van der Waals surface area contributed by atoms with Crippen LogP contribution in [0, 0.1) is 0 Å². The second kappa shape index (κ2) is 14.9. The van der Waals surface area contributed by atoms with E-state index in [0.717, 1.165) is 55.8 Å². The zero-order valence-corrected chi connectivity index (χ0v) is 45.4. The molecule has 10 nitrogen and oxygen atoms in total. The molecule has 1 atom stereocenters. The summed E-state index contributed by atoms with van der Waals surface area (Å²) in [4.78, 5) is 37.0. The van der Waals surface area contributed by atoms with Crippen LogP contribution in [0.25, 0.3) is 43.1 Å². The van der Waals surface area contributed by atoms with Crippen LogP contribution < -0.4 is 0 Å². The van der Waals surface area contributed by atoms with E-state index in [1.54, 1.807) is 3.93 Å². The van der Waals surface area contributed by atoms with Gasteiger partial charge in [0, 0.05) is 81.8 Å². The first-order chi connectivity index (χ1) is 31.9. The first-order valence-corrected chi connectivity index (χ1v) is 26.1. The highest BCUT2D eigenvalue weighted by molar-refractivity contribution is 9.12. The van der Waals surface area contributed by atoms with Gasteiger partial charge in [0.25, 0.3) is 0 Å². The number of halogens is 8. The maximum atomic E-state index is 12.3. The zero-order chi connectivity index (χ0) is 45.2. The van der Waals surface area contributed by atoms with Crippen molar-refractivity contribution in [1.82, 2.24) is 3.93 Å². The van der Waals surface area contributed by atoms with Gasteiger partial charge in [0.2, 0.25) is 4.57 Å². The largest absolute Gasteiger partial charge is 0.507 e. The normalized spacial score (nSPS) is 17.9. The summed E-state index contributed by atoms with van der Waals surface area (Å²) in [6, 6.07) is 31.2. The summed E-state index contributed by atoms with van der Waals surface area (Å²) in [5, 5.41) is 31.0. The second-order valence-electron chi connectivity index (χ2n) is 15.7. The van der Waals surface area contributed by atoms with E-state index in [9.17, 15) is 10.2 Å². The van der Waals surface area contributed by atoms with E-state index in [1.807, 2.05) is 97.1 Å². The lowest BCUT2D eigenvalue weighted by atomic mass is 9.98. The molecule has 5 heterocycles. The van der Waals surface area contributed by atoms with Crippen LogP contribution in [0.4, 0.5) is 0 Å². The Bertz CT molecular complexity index is 3970. The smallest absolute Gasteiger partial charge is 0.237 e.